The second-order valence-electron chi connectivity index (χ2n) is 6.97. The van der Waals surface area contributed by atoms with Gasteiger partial charge < -0.3 is 9.84 Å². The molecular weight excluding hydrogens is 380 g/mol. The number of halogens is 1. The number of aromatic nitrogens is 1. The molecule has 2 unspecified atom stereocenters. The van der Waals surface area contributed by atoms with Crippen LogP contribution in [0.1, 0.15) is 24.5 Å². The molecule has 0 spiro atoms. The largest absolute Gasteiger partial charge is 0.497 e. The van der Waals surface area contributed by atoms with Gasteiger partial charge in [0, 0.05) is 24.2 Å². The number of nitrogens with zero attached hydrogens (tertiary/aromatic N) is 2. The van der Waals surface area contributed by atoms with E-state index < -0.39 is 6.10 Å². The van der Waals surface area contributed by atoms with Crippen molar-refractivity contribution in [2.24, 2.45) is 11.8 Å². The first-order valence-corrected chi connectivity index (χ1v) is 8.68. The van der Waals surface area contributed by atoms with Gasteiger partial charge in [0.05, 0.1) is 18.7 Å². The number of benzene rings is 1. The normalized spacial score (nSPS) is 29.0. The minimum Gasteiger partial charge on any atom is -0.497 e. The van der Waals surface area contributed by atoms with Crippen molar-refractivity contribution >= 4 is 27.9 Å². The summed E-state index contributed by atoms with van der Waals surface area (Å²) in [6, 6.07) is 7.96. The number of hydrogen-bond donors (Lipinski definition) is 1. The molecule has 2 bridgehead atoms. The highest BCUT2D eigenvalue weighted by atomic mass is 79.9. The first-order chi connectivity index (χ1) is 11.7. The number of ether oxygens (including phenoxy) is 1. The average molecular weight is 405 g/mol. The van der Waals surface area contributed by atoms with Crippen molar-refractivity contribution in [1.82, 2.24) is 9.88 Å². The molecule has 134 valence electrons. The van der Waals surface area contributed by atoms with Gasteiger partial charge in [-0.15, -0.1) is 23.6 Å². The number of fused-ring (bicyclic) bond motifs is 4. The predicted molar refractivity (Wildman–Crippen MR) is 105 cm³/mol. The van der Waals surface area contributed by atoms with Crippen LogP contribution >= 0.6 is 17.0 Å². The minimum atomic E-state index is -0.504. The Morgan fingerprint density at radius 1 is 1.40 bits per heavy atom. The molecule has 0 amide bonds. The third kappa shape index (κ3) is 3.21. The fourth-order valence-corrected chi connectivity index (χ4v) is 4.44. The standard InChI is InChI=1S/C20H24N2O2.BrH/c1-3-13-12-22-9-7-14(13)10-19(22)20(23)16-6-8-21-18-5-4-15(24-2)11-17(16)18;/h3-6,8,11,13-14,19-20,23H,1,7,9-10,12H2,2H3;1H/t13-,14?,19+,20+;/m1./s1. The van der Waals surface area contributed by atoms with E-state index in [1.807, 2.05) is 24.3 Å². The maximum atomic E-state index is 11.2. The van der Waals surface area contributed by atoms with Gasteiger partial charge in [-0.05, 0) is 61.1 Å². The van der Waals surface area contributed by atoms with Crippen molar-refractivity contribution < 1.29 is 9.84 Å². The van der Waals surface area contributed by atoms with Crippen LogP contribution in [0.4, 0.5) is 0 Å². The highest BCUT2D eigenvalue weighted by molar-refractivity contribution is 8.93. The van der Waals surface area contributed by atoms with Gasteiger partial charge in [-0.25, -0.2) is 0 Å². The number of piperidine rings is 3. The highest BCUT2D eigenvalue weighted by Gasteiger charge is 2.42. The molecule has 0 aliphatic carbocycles. The molecule has 5 heteroatoms. The summed E-state index contributed by atoms with van der Waals surface area (Å²) in [5.74, 6) is 2.01. The second-order valence-corrected chi connectivity index (χ2v) is 6.97. The zero-order valence-electron chi connectivity index (χ0n) is 14.5. The third-order valence-corrected chi connectivity index (χ3v) is 5.82. The second kappa shape index (κ2) is 7.44. The van der Waals surface area contributed by atoms with Gasteiger partial charge in [0.25, 0.3) is 0 Å². The molecule has 5 atom stereocenters. The molecule has 1 aromatic heterocycles. The van der Waals surface area contributed by atoms with E-state index in [0.717, 1.165) is 41.7 Å². The number of rotatable bonds is 4. The molecule has 4 nitrogen and oxygen atoms in total. The lowest BCUT2D eigenvalue weighted by atomic mass is 9.73. The Balaban J connectivity index is 0.00000182. The summed E-state index contributed by atoms with van der Waals surface area (Å²) in [6.07, 6.45) is 5.62. The Kier molecular flexibility index (Phi) is 5.46. The van der Waals surface area contributed by atoms with Crippen molar-refractivity contribution in [1.29, 1.82) is 0 Å². The maximum Gasteiger partial charge on any atom is 0.119 e. The number of pyridine rings is 1. The Morgan fingerprint density at radius 3 is 2.92 bits per heavy atom. The van der Waals surface area contributed by atoms with E-state index in [-0.39, 0.29) is 23.0 Å². The molecule has 25 heavy (non-hydrogen) atoms. The van der Waals surface area contributed by atoms with Crippen LogP contribution in [0.15, 0.2) is 43.1 Å². The topological polar surface area (TPSA) is 45.6 Å². The zero-order chi connectivity index (χ0) is 16.7. The lowest BCUT2D eigenvalue weighted by Crippen LogP contribution is -2.54. The lowest BCUT2D eigenvalue weighted by Gasteiger charge is -2.50. The van der Waals surface area contributed by atoms with Crippen LogP contribution < -0.4 is 4.74 Å². The van der Waals surface area contributed by atoms with E-state index in [2.05, 4.69) is 22.5 Å². The van der Waals surface area contributed by atoms with Gasteiger partial charge in [0.1, 0.15) is 5.75 Å². The Labute approximate surface area is 159 Å². The summed E-state index contributed by atoms with van der Waals surface area (Å²) in [7, 11) is 1.66. The van der Waals surface area contributed by atoms with Crippen LogP contribution in [-0.2, 0) is 0 Å². The molecule has 3 fully saturated rings. The van der Waals surface area contributed by atoms with E-state index in [4.69, 9.17) is 4.74 Å². The van der Waals surface area contributed by atoms with Crippen LogP contribution in [0, 0.1) is 11.8 Å². The first-order valence-electron chi connectivity index (χ1n) is 8.68. The van der Waals surface area contributed by atoms with Gasteiger partial charge in [0.15, 0.2) is 0 Å². The molecule has 3 aliphatic heterocycles. The molecule has 1 N–H and O–H groups in total. The van der Waals surface area contributed by atoms with Gasteiger partial charge in [0.2, 0.25) is 0 Å². The quantitative estimate of drug-likeness (QED) is 0.788. The van der Waals surface area contributed by atoms with Crippen LogP contribution in [0.25, 0.3) is 10.9 Å². The average Bonchev–Trinajstić information content (AvgIpc) is 2.66. The molecule has 2 aromatic rings. The summed E-state index contributed by atoms with van der Waals surface area (Å²) in [4.78, 5) is 6.86. The molecule has 5 rings (SSSR count). The van der Waals surface area contributed by atoms with E-state index in [1.165, 1.54) is 6.42 Å². The fourth-order valence-electron chi connectivity index (χ4n) is 4.44. The highest BCUT2D eigenvalue weighted by Crippen LogP contribution is 2.42. The van der Waals surface area contributed by atoms with Crippen molar-refractivity contribution in [3.63, 3.8) is 0 Å². The van der Waals surface area contributed by atoms with Crippen molar-refractivity contribution in [3.8, 4) is 5.75 Å². The smallest absolute Gasteiger partial charge is 0.119 e. The third-order valence-electron chi connectivity index (χ3n) is 5.82. The minimum absolute atomic E-state index is 0. The summed E-state index contributed by atoms with van der Waals surface area (Å²) in [5.41, 5.74) is 1.85. The number of hydrogen-bond acceptors (Lipinski definition) is 4. The lowest BCUT2D eigenvalue weighted by molar-refractivity contribution is -0.0444. The van der Waals surface area contributed by atoms with E-state index in [9.17, 15) is 5.11 Å². The van der Waals surface area contributed by atoms with Crippen molar-refractivity contribution in [3.05, 3.63) is 48.7 Å². The molecule has 4 heterocycles. The van der Waals surface area contributed by atoms with E-state index in [1.54, 1.807) is 13.3 Å². The fraction of sp³-hybridized carbons (Fsp3) is 0.450. The van der Waals surface area contributed by atoms with Crippen LogP contribution in [0.3, 0.4) is 0 Å². The molecule has 1 aromatic carbocycles. The zero-order valence-corrected chi connectivity index (χ0v) is 16.2. The van der Waals surface area contributed by atoms with Crippen LogP contribution in [0.5, 0.6) is 5.75 Å². The van der Waals surface area contributed by atoms with Gasteiger partial charge >= 0.3 is 0 Å². The number of methoxy groups -OCH3 is 1. The number of aliphatic hydroxyl groups excluding tert-OH is 1. The van der Waals surface area contributed by atoms with Gasteiger partial charge in [-0.1, -0.05) is 6.08 Å². The predicted octanol–water partition coefficient (Wildman–Crippen LogP) is 3.75. The number of aliphatic hydroxyl groups is 1. The molecular formula is C20H25BrN2O2. The maximum absolute atomic E-state index is 11.2. The van der Waals surface area contributed by atoms with Crippen molar-refractivity contribution in [2.75, 3.05) is 20.2 Å². The van der Waals surface area contributed by atoms with Gasteiger partial charge in [-0.2, -0.15) is 0 Å². The van der Waals surface area contributed by atoms with E-state index in [0.29, 0.717) is 11.8 Å². The summed E-state index contributed by atoms with van der Waals surface area (Å²) < 4.78 is 5.35. The molecule has 0 saturated carbocycles. The Hall–Kier alpha value is -1.43. The van der Waals surface area contributed by atoms with E-state index >= 15 is 0 Å². The van der Waals surface area contributed by atoms with Crippen molar-refractivity contribution in [2.45, 2.75) is 25.0 Å². The van der Waals surface area contributed by atoms with Crippen LogP contribution in [-0.4, -0.2) is 41.2 Å². The Morgan fingerprint density at radius 2 is 2.24 bits per heavy atom. The molecule has 3 saturated heterocycles. The molecule has 3 aliphatic rings. The Bertz CT molecular complexity index is 766. The molecule has 0 radical (unpaired) electrons. The van der Waals surface area contributed by atoms with Gasteiger partial charge in [-0.3, -0.25) is 9.88 Å². The SMILES string of the molecule is Br.C=C[C@@H]1CN2CCC1C[C@H]2[C@@H](O)c1ccnc2ccc(OC)cc12. The first kappa shape index (κ1) is 18.4. The monoisotopic (exact) mass is 404 g/mol. The summed E-state index contributed by atoms with van der Waals surface area (Å²) in [5, 5.41) is 12.1. The summed E-state index contributed by atoms with van der Waals surface area (Å²) in [6.45, 7) is 6.07. The summed E-state index contributed by atoms with van der Waals surface area (Å²) >= 11 is 0. The van der Waals surface area contributed by atoms with Crippen LogP contribution in [0.2, 0.25) is 0 Å².